The SMILES string of the molecule is CC(C)CC1(C(=O)N(C)CC(C)C(N)=S)CCCC1. The minimum absolute atomic E-state index is 0.0847. The first kappa shape index (κ1) is 16.4. The first-order valence-corrected chi connectivity index (χ1v) is 7.74. The predicted octanol–water partition coefficient (Wildman–Crippen LogP) is 2.97. The van der Waals surface area contributed by atoms with Crippen LogP contribution in [0.15, 0.2) is 0 Å². The van der Waals surface area contributed by atoms with Crippen LogP contribution in [0.3, 0.4) is 0 Å². The normalized spacial score (nSPS) is 19.4. The van der Waals surface area contributed by atoms with Crippen molar-refractivity contribution in [1.29, 1.82) is 0 Å². The number of carbonyl (C=O) groups excluding carboxylic acids is 1. The van der Waals surface area contributed by atoms with Gasteiger partial charge in [-0.2, -0.15) is 0 Å². The highest BCUT2D eigenvalue weighted by atomic mass is 32.1. The molecule has 0 aromatic carbocycles. The second-order valence-electron chi connectivity index (χ2n) is 6.57. The van der Waals surface area contributed by atoms with E-state index in [-0.39, 0.29) is 11.3 Å². The van der Waals surface area contributed by atoms with E-state index in [2.05, 4.69) is 13.8 Å². The summed E-state index contributed by atoms with van der Waals surface area (Å²) in [6.07, 6.45) is 5.43. The number of nitrogens with zero attached hydrogens (tertiary/aromatic N) is 1. The van der Waals surface area contributed by atoms with Crippen LogP contribution in [0, 0.1) is 17.3 Å². The summed E-state index contributed by atoms with van der Waals surface area (Å²) in [7, 11) is 1.89. The van der Waals surface area contributed by atoms with E-state index in [9.17, 15) is 4.79 Å². The van der Waals surface area contributed by atoms with E-state index in [1.165, 1.54) is 12.8 Å². The van der Waals surface area contributed by atoms with E-state index < -0.39 is 0 Å². The summed E-state index contributed by atoms with van der Waals surface area (Å²) in [6.45, 7) is 7.01. The zero-order chi connectivity index (χ0) is 14.6. The Kier molecular flexibility index (Phi) is 5.78. The molecule has 110 valence electrons. The Morgan fingerprint density at radius 1 is 1.32 bits per heavy atom. The third-order valence-electron chi connectivity index (χ3n) is 4.19. The molecule has 2 N–H and O–H groups in total. The lowest BCUT2D eigenvalue weighted by molar-refractivity contribution is -0.141. The fourth-order valence-corrected chi connectivity index (χ4v) is 3.40. The summed E-state index contributed by atoms with van der Waals surface area (Å²) >= 11 is 5.00. The number of hydrogen-bond donors (Lipinski definition) is 1. The second kappa shape index (κ2) is 6.69. The van der Waals surface area contributed by atoms with Gasteiger partial charge in [0.2, 0.25) is 5.91 Å². The van der Waals surface area contributed by atoms with Crippen molar-refractivity contribution in [2.45, 2.75) is 52.9 Å². The van der Waals surface area contributed by atoms with Gasteiger partial charge in [-0.1, -0.05) is 45.8 Å². The van der Waals surface area contributed by atoms with Crippen molar-refractivity contribution in [3.05, 3.63) is 0 Å². The average Bonchev–Trinajstić information content (AvgIpc) is 2.76. The van der Waals surface area contributed by atoms with Crippen molar-refractivity contribution in [3.8, 4) is 0 Å². The van der Waals surface area contributed by atoms with Gasteiger partial charge in [0, 0.05) is 24.9 Å². The lowest BCUT2D eigenvalue weighted by atomic mass is 9.77. The van der Waals surface area contributed by atoms with Gasteiger partial charge in [-0.15, -0.1) is 0 Å². The number of hydrogen-bond acceptors (Lipinski definition) is 2. The summed E-state index contributed by atoms with van der Waals surface area (Å²) < 4.78 is 0. The van der Waals surface area contributed by atoms with Crippen LogP contribution in [0.2, 0.25) is 0 Å². The molecule has 1 aliphatic carbocycles. The molecule has 4 heteroatoms. The zero-order valence-electron chi connectivity index (χ0n) is 12.7. The van der Waals surface area contributed by atoms with E-state index in [1.54, 1.807) is 0 Å². The van der Waals surface area contributed by atoms with Gasteiger partial charge in [0.05, 0.1) is 4.99 Å². The number of amides is 1. The quantitative estimate of drug-likeness (QED) is 0.763. The third kappa shape index (κ3) is 4.16. The average molecular weight is 284 g/mol. The molecule has 0 aromatic heterocycles. The number of carbonyl (C=O) groups is 1. The molecule has 1 rings (SSSR count). The lowest BCUT2D eigenvalue weighted by Crippen LogP contribution is -2.44. The summed E-state index contributed by atoms with van der Waals surface area (Å²) in [5, 5.41) is 0. The molecule has 0 heterocycles. The van der Waals surface area contributed by atoms with Crippen LogP contribution in [0.25, 0.3) is 0 Å². The molecule has 0 aromatic rings. The van der Waals surface area contributed by atoms with E-state index >= 15 is 0 Å². The highest BCUT2D eigenvalue weighted by Gasteiger charge is 2.42. The maximum absolute atomic E-state index is 12.8. The lowest BCUT2D eigenvalue weighted by Gasteiger charge is -2.34. The van der Waals surface area contributed by atoms with Gasteiger partial charge < -0.3 is 10.6 Å². The van der Waals surface area contributed by atoms with Gasteiger partial charge >= 0.3 is 0 Å². The van der Waals surface area contributed by atoms with Crippen LogP contribution in [-0.4, -0.2) is 29.4 Å². The minimum atomic E-state index is -0.126. The van der Waals surface area contributed by atoms with Crippen molar-refractivity contribution in [1.82, 2.24) is 4.90 Å². The molecule has 0 saturated heterocycles. The highest BCUT2D eigenvalue weighted by Crippen LogP contribution is 2.44. The van der Waals surface area contributed by atoms with Gasteiger partial charge in [0.1, 0.15) is 0 Å². The molecule has 19 heavy (non-hydrogen) atoms. The molecule has 1 amide bonds. The Bertz CT molecular complexity index is 335. The molecule has 3 nitrogen and oxygen atoms in total. The van der Waals surface area contributed by atoms with Gasteiger partial charge in [-0.25, -0.2) is 0 Å². The van der Waals surface area contributed by atoms with Crippen LogP contribution in [0.4, 0.5) is 0 Å². The maximum atomic E-state index is 12.8. The first-order chi connectivity index (χ1) is 8.78. The van der Waals surface area contributed by atoms with Crippen LogP contribution in [-0.2, 0) is 4.79 Å². The molecule has 1 fully saturated rings. The summed E-state index contributed by atoms with van der Waals surface area (Å²) in [6, 6.07) is 0. The monoisotopic (exact) mass is 284 g/mol. The number of nitrogens with two attached hydrogens (primary N) is 1. The van der Waals surface area contributed by atoms with Gasteiger partial charge in [0.15, 0.2) is 0 Å². The fourth-order valence-electron chi connectivity index (χ4n) is 3.33. The van der Waals surface area contributed by atoms with E-state index in [1.807, 2.05) is 18.9 Å². The number of rotatable bonds is 6. The van der Waals surface area contributed by atoms with E-state index in [0.29, 0.717) is 23.4 Å². The molecular weight excluding hydrogens is 256 g/mol. The third-order valence-corrected chi connectivity index (χ3v) is 4.60. The molecule has 0 spiro atoms. The molecule has 0 aliphatic heterocycles. The molecule has 1 saturated carbocycles. The Balaban J connectivity index is 2.74. The topological polar surface area (TPSA) is 46.3 Å². The van der Waals surface area contributed by atoms with Gasteiger partial charge in [0.25, 0.3) is 0 Å². The van der Waals surface area contributed by atoms with Crippen molar-refractivity contribution in [2.24, 2.45) is 23.0 Å². The summed E-state index contributed by atoms with van der Waals surface area (Å²) in [5.74, 6) is 0.937. The predicted molar refractivity (Wildman–Crippen MR) is 83.9 cm³/mol. The zero-order valence-corrected chi connectivity index (χ0v) is 13.6. The van der Waals surface area contributed by atoms with Crippen LogP contribution >= 0.6 is 12.2 Å². The molecule has 1 unspecified atom stereocenters. The van der Waals surface area contributed by atoms with Crippen molar-refractivity contribution in [3.63, 3.8) is 0 Å². The van der Waals surface area contributed by atoms with Gasteiger partial charge in [-0.05, 0) is 25.2 Å². The standard InChI is InChI=1S/C15H28N2OS/c1-11(2)9-15(7-5-6-8-15)14(18)17(4)10-12(3)13(16)19/h11-12H,5-10H2,1-4H3,(H2,16,19). The molecular formula is C15H28N2OS. The largest absolute Gasteiger partial charge is 0.393 e. The summed E-state index contributed by atoms with van der Waals surface area (Å²) in [4.78, 5) is 15.1. The second-order valence-corrected chi connectivity index (χ2v) is 7.05. The smallest absolute Gasteiger partial charge is 0.228 e. The number of thiocarbonyl (C=S) groups is 1. The Morgan fingerprint density at radius 3 is 2.26 bits per heavy atom. The van der Waals surface area contributed by atoms with Crippen LogP contribution < -0.4 is 5.73 Å². The van der Waals surface area contributed by atoms with Crippen molar-refractivity contribution < 1.29 is 4.79 Å². The van der Waals surface area contributed by atoms with E-state index in [4.69, 9.17) is 18.0 Å². The maximum Gasteiger partial charge on any atom is 0.228 e. The first-order valence-electron chi connectivity index (χ1n) is 7.33. The van der Waals surface area contributed by atoms with Crippen LogP contribution in [0.1, 0.15) is 52.9 Å². The van der Waals surface area contributed by atoms with Crippen molar-refractivity contribution >= 4 is 23.1 Å². The Labute approximate surface area is 122 Å². The Morgan fingerprint density at radius 2 is 1.84 bits per heavy atom. The van der Waals surface area contributed by atoms with Crippen molar-refractivity contribution in [2.75, 3.05) is 13.6 Å². The Hall–Kier alpha value is -0.640. The minimum Gasteiger partial charge on any atom is -0.393 e. The molecule has 0 bridgehead atoms. The van der Waals surface area contributed by atoms with Crippen LogP contribution in [0.5, 0.6) is 0 Å². The fraction of sp³-hybridized carbons (Fsp3) is 0.867. The van der Waals surface area contributed by atoms with Gasteiger partial charge in [-0.3, -0.25) is 4.79 Å². The molecule has 1 atom stereocenters. The summed E-state index contributed by atoms with van der Waals surface area (Å²) in [5.41, 5.74) is 5.52. The van der Waals surface area contributed by atoms with E-state index in [0.717, 1.165) is 19.3 Å². The highest BCUT2D eigenvalue weighted by molar-refractivity contribution is 7.80. The molecule has 0 radical (unpaired) electrons. The molecule has 1 aliphatic rings.